The van der Waals surface area contributed by atoms with Gasteiger partial charge in [-0.1, -0.05) is 30.3 Å². The van der Waals surface area contributed by atoms with Crippen LogP contribution in [0.15, 0.2) is 30.3 Å². The fraction of sp³-hybridized carbons (Fsp3) is 0.364. The third-order valence-corrected chi connectivity index (χ3v) is 2.12. The summed E-state index contributed by atoms with van der Waals surface area (Å²) in [5.41, 5.74) is 0.990. The lowest BCUT2D eigenvalue weighted by Gasteiger charge is -2.16. The molecule has 4 heteroatoms. The lowest BCUT2D eigenvalue weighted by Crippen LogP contribution is -2.44. The molecule has 0 saturated heterocycles. The van der Waals surface area contributed by atoms with Crippen molar-refractivity contribution in [1.82, 2.24) is 5.32 Å². The number of carboxylic acid groups (broad SMARTS) is 1. The Hall–Kier alpha value is -1.39. The Kier molecular flexibility index (Phi) is 4.27. The maximum atomic E-state index is 10.7. The predicted molar refractivity (Wildman–Crippen MR) is 56.4 cm³/mol. The summed E-state index contributed by atoms with van der Waals surface area (Å²) in [6, 6.07) is 8.53. The molecule has 0 aliphatic carbocycles. The van der Waals surface area contributed by atoms with Crippen LogP contribution >= 0.6 is 0 Å². The summed E-state index contributed by atoms with van der Waals surface area (Å²) < 4.78 is 0. The molecule has 82 valence electrons. The monoisotopic (exact) mass is 209 g/mol. The second-order valence-corrected chi connectivity index (χ2v) is 3.42. The van der Waals surface area contributed by atoms with Crippen LogP contribution < -0.4 is 5.32 Å². The smallest absolute Gasteiger partial charge is 0.323 e. The Labute approximate surface area is 88.6 Å². The average Bonchev–Trinajstić information content (AvgIpc) is 2.18. The van der Waals surface area contributed by atoms with E-state index >= 15 is 0 Å². The third-order valence-electron chi connectivity index (χ3n) is 2.12. The van der Waals surface area contributed by atoms with E-state index in [-0.39, 0.29) is 0 Å². The van der Waals surface area contributed by atoms with Crippen LogP contribution in [-0.4, -0.2) is 28.3 Å². The molecule has 3 N–H and O–H groups in total. The second-order valence-electron chi connectivity index (χ2n) is 3.42. The molecular formula is C11H15NO3. The van der Waals surface area contributed by atoms with E-state index < -0.39 is 18.1 Å². The Morgan fingerprint density at radius 3 is 2.47 bits per heavy atom. The predicted octanol–water partition coefficient (Wildman–Crippen LogP) is 0.610. The van der Waals surface area contributed by atoms with E-state index in [4.69, 9.17) is 5.11 Å². The molecule has 0 saturated carbocycles. The molecule has 0 aromatic heterocycles. The molecule has 1 unspecified atom stereocenters. The summed E-state index contributed by atoms with van der Waals surface area (Å²) in [4.78, 5) is 10.7. The van der Waals surface area contributed by atoms with Crippen molar-refractivity contribution in [3.05, 3.63) is 35.9 Å². The number of hydrogen-bond donors (Lipinski definition) is 3. The van der Waals surface area contributed by atoms with Gasteiger partial charge in [0, 0.05) is 6.54 Å². The van der Waals surface area contributed by atoms with Gasteiger partial charge in [0.15, 0.2) is 0 Å². The van der Waals surface area contributed by atoms with E-state index in [9.17, 15) is 9.90 Å². The van der Waals surface area contributed by atoms with Crippen LogP contribution in [0.25, 0.3) is 0 Å². The lowest BCUT2D eigenvalue weighted by molar-refractivity contribution is -0.142. The van der Waals surface area contributed by atoms with E-state index in [1.54, 1.807) is 0 Å². The highest BCUT2D eigenvalue weighted by molar-refractivity contribution is 5.74. The molecule has 1 rings (SSSR count). The van der Waals surface area contributed by atoms with Crippen molar-refractivity contribution >= 4 is 5.97 Å². The van der Waals surface area contributed by atoms with Crippen LogP contribution in [-0.2, 0) is 11.3 Å². The molecule has 0 aliphatic rings. The fourth-order valence-corrected chi connectivity index (χ4v) is 1.29. The minimum atomic E-state index is -1.04. The van der Waals surface area contributed by atoms with E-state index in [1.807, 2.05) is 30.3 Å². The zero-order valence-electron chi connectivity index (χ0n) is 8.55. The van der Waals surface area contributed by atoms with Crippen LogP contribution in [0.4, 0.5) is 0 Å². The SMILES string of the molecule is CC(O)[C@H](NCc1ccccc1)C(=O)O. The Bertz CT molecular complexity index is 311. The molecule has 0 aliphatic heterocycles. The first kappa shape index (κ1) is 11.7. The molecular weight excluding hydrogens is 194 g/mol. The van der Waals surface area contributed by atoms with Gasteiger partial charge < -0.3 is 10.2 Å². The van der Waals surface area contributed by atoms with Crippen molar-refractivity contribution in [1.29, 1.82) is 0 Å². The number of aliphatic hydroxyl groups excluding tert-OH is 1. The molecule has 0 heterocycles. The highest BCUT2D eigenvalue weighted by Crippen LogP contribution is 2.00. The van der Waals surface area contributed by atoms with Gasteiger partial charge in [-0.25, -0.2) is 0 Å². The van der Waals surface area contributed by atoms with E-state index in [2.05, 4.69) is 5.32 Å². The average molecular weight is 209 g/mol. The molecule has 15 heavy (non-hydrogen) atoms. The summed E-state index contributed by atoms with van der Waals surface area (Å²) >= 11 is 0. The maximum absolute atomic E-state index is 10.7. The van der Waals surface area contributed by atoms with Gasteiger partial charge in [0.25, 0.3) is 0 Å². The zero-order valence-corrected chi connectivity index (χ0v) is 8.55. The van der Waals surface area contributed by atoms with Gasteiger partial charge in [-0.2, -0.15) is 0 Å². The molecule has 0 radical (unpaired) electrons. The molecule has 2 atom stereocenters. The van der Waals surface area contributed by atoms with Gasteiger partial charge in [-0.05, 0) is 12.5 Å². The number of aliphatic carboxylic acids is 1. The maximum Gasteiger partial charge on any atom is 0.323 e. The first-order chi connectivity index (χ1) is 7.11. The fourth-order valence-electron chi connectivity index (χ4n) is 1.29. The minimum absolute atomic E-state index is 0.433. The van der Waals surface area contributed by atoms with Crippen molar-refractivity contribution in [2.45, 2.75) is 25.6 Å². The van der Waals surface area contributed by atoms with Crippen LogP contribution in [0.2, 0.25) is 0 Å². The number of carbonyl (C=O) groups is 1. The van der Waals surface area contributed by atoms with E-state index in [1.165, 1.54) is 6.92 Å². The first-order valence-corrected chi connectivity index (χ1v) is 4.79. The molecule has 0 fully saturated rings. The molecule has 0 bridgehead atoms. The highest BCUT2D eigenvalue weighted by atomic mass is 16.4. The van der Waals surface area contributed by atoms with Crippen LogP contribution in [0.1, 0.15) is 12.5 Å². The first-order valence-electron chi connectivity index (χ1n) is 4.79. The van der Waals surface area contributed by atoms with E-state index in [0.29, 0.717) is 6.54 Å². The Morgan fingerprint density at radius 1 is 1.40 bits per heavy atom. The summed E-state index contributed by atoms with van der Waals surface area (Å²) in [5.74, 6) is -1.04. The third kappa shape index (κ3) is 3.69. The van der Waals surface area contributed by atoms with Crippen LogP contribution in [0.3, 0.4) is 0 Å². The topological polar surface area (TPSA) is 69.6 Å². The Morgan fingerprint density at radius 2 is 2.00 bits per heavy atom. The number of rotatable bonds is 5. The number of hydrogen-bond acceptors (Lipinski definition) is 3. The van der Waals surface area contributed by atoms with Gasteiger partial charge in [-0.3, -0.25) is 10.1 Å². The number of nitrogens with one attached hydrogen (secondary N) is 1. The van der Waals surface area contributed by atoms with Crippen molar-refractivity contribution < 1.29 is 15.0 Å². The molecule has 1 aromatic rings. The van der Waals surface area contributed by atoms with Crippen molar-refractivity contribution in [3.8, 4) is 0 Å². The zero-order chi connectivity index (χ0) is 11.3. The van der Waals surface area contributed by atoms with Crippen LogP contribution in [0.5, 0.6) is 0 Å². The van der Waals surface area contributed by atoms with Crippen molar-refractivity contribution in [2.75, 3.05) is 0 Å². The van der Waals surface area contributed by atoms with Crippen LogP contribution in [0, 0.1) is 0 Å². The van der Waals surface area contributed by atoms with Crippen molar-refractivity contribution in [2.24, 2.45) is 0 Å². The molecule has 0 spiro atoms. The quantitative estimate of drug-likeness (QED) is 0.664. The van der Waals surface area contributed by atoms with Gasteiger partial charge in [-0.15, -0.1) is 0 Å². The normalized spacial score (nSPS) is 14.5. The molecule has 1 aromatic carbocycles. The van der Waals surface area contributed by atoms with Gasteiger partial charge in [0.05, 0.1) is 6.10 Å². The van der Waals surface area contributed by atoms with E-state index in [0.717, 1.165) is 5.56 Å². The lowest BCUT2D eigenvalue weighted by atomic mass is 10.1. The second kappa shape index (κ2) is 5.48. The summed E-state index contributed by atoms with van der Waals surface area (Å²) in [6.07, 6.45) is -0.911. The van der Waals surface area contributed by atoms with Gasteiger partial charge in [0.2, 0.25) is 0 Å². The number of benzene rings is 1. The summed E-state index contributed by atoms with van der Waals surface area (Å²) in [7, 11) is 0. The highest BCUT2D eigenvalue weighted by Gasteiger charge is 2.21. The number of aliphatic hydroxyl groups is 1. The standard InChI is InChI=1S/C11H15NO3/c1-8(13)10(11(14)15)12-7-9-5-3-2-4-6-9/h2-6,8,10,12-13H,7H2,1H3,(H,14,15)/t8?,10-/m0/s1. The minimum Gasteiger partial charge on any atom is -0.480 e. The Balaban J connectivity index is 2.51. The summed E-state index contributed by atoms with van der Waals surface area (Å²) in [5, 5.41) is 20.8. The van der Waals surface area contributed by atoms with Crippen molar-refractivity contribution in [3.63, 3.8) is 0 Å². The number of carboxylic acids is 1. The largest absolute Gasteiger partial charge is 0.480 e. The molecule has 0 amide bonds. The molecule has 4 nitrogen and oxygen atoms in total. The van der Waals surface area contributed by atoms with Gasteiger partial charge >= 0.3 is 5.97 Å². The summed E-state index contributed by atoms with van der Waals surface area (Å²) in [6.45, 7) is 1.89. The van der Waals surface area contributed by atoms with Gasteiger partial charge in [0.1, 0.15) is 6.04 Å².